The molecule has 3 aromatic rings. The molecule has 0 fully saturated rings. The average Bonchev–Trinajstić information content (AvgIpc) is 3.15. The second kappa shape index (κ2) is 12.8. The maximum absolute atomic E-state index is 9.16. The first-order chi connectivity index (χ1) is 21.5. The van der Waals surface area contributed by atoms with Crippen LogP contribution in [0.15, 0.2) is 60.7 Å². The fourth-order valence-corrected chi connectivity index (χ4v) is 7.31. The van der Waals surface area contributed by atoms with Gasteiger partial charge in [-0.1, -0.05) is 53.7 Å². The summed E-state index contributed by atoms with van der Waals surface area (Å²) in [6.45, 7) is 23.7. The van der Waals surface area contributed by atoms with Crippen molar-refractivity contribution in [3.05, 3.63) is 77.4 Å². The first-order valence-electron chi connectivity index (χ1n) is 16.5. The predicted molar refractivity (Wildman–Crippen MR) is 192 cm³/mol. The van der Waals surface area contributed by atoms with Gasteiger partial charge in [-0.25, -0.2) is 0 Å². The van der Waals surface area contributed by atoms with E-state index >= 15 is 0 Å². The molecule has 0 amide bonds. The molecule has 3 aromatic carbocycles. The Morgan fingerprint density at radius 3 is 1.85 bits per heavy atom. The minimum Gasteiger partial charge on any atom is -0.543 e. The minimum absolute atomic E-state index is 0.0818. The van der Waals surface area contributed by atoms with Crippen LogP contribution in [0.25, 0.3) is 11.1 Å². The van der Waals surface area contributed by atoms with Crippen LogP contribution in [0.4, 0.5) is 0 Å². The van der Waals surface area contributed by atoms with Crippen molar-refractivity contribution in [2.75, 3.05) is 19.8 Å². The van der Waals surface area contributed by atoms with Crippen molar-refractivity contribution in [2.24, 2.45) is 0 Å². The Hall–Kier alpha value is -3.21. The number of aliphatic hydroxyl groups excluding tert-OH is 1. The van der Waals surface area contributed by atoms with Crippen molar-refractivity contribution < 1.29 is 28.2 Å². The molecule has 0 aromatic heterocycles. The van der Waals surface area contributed by atoms with Gasteiger partial charge in [0.1, 0.15) is 34.9 Å². The van der Waals surface area contributed by atoms with Crippen LogP contribution < -0.4 is 23.1 Å². The molecule has 248 valence electrons. The molecule has 0 aliphatic carbocycles. The monoisotopic (exact) mass is 660 g/mol. The third-order valence-electron chi connectivity index (χ3n) is 10.1. The van der Waals surface area contributed by atoms with Crippen LogP contribution in [0.2, 0.25) is 36.3 Å². The summed E-state index contributed by atoms with van der Waals surface area (Å²) < 4.78 is 32.6. The molecule has 0 saturated carbocycles. The van der Waals surface area contributed by atoms with E-state index in [1.807, 2.05) is 12.1 Å². The van der Waals surface area contributed by atoms with Crippen LogP contribution in [-0.4, -0.2) is 41.6 Å². The van der Waals surface area contributed by atoms with Crippen LogP contribution in [0.3, 0.4) is 0 Å². The summed E-state index contributed by atoms with van der Waals surface area (Å²) in [5.41, 5.74) is 5.47. The predicted octanol–water partition coefficient (Wildman–Crippen LogP) is 10.0. The Kier molecular flexibility index (Phi) is 9.48. The van der Waals surface area contributed by atoms with Crippen molar-refractivity contribution in [2.45, 2.75) is 96.8 Å². The normalized spacial score (nSPS) is 16.7. The molecule has 1 atom stereocenters. The second-order valence-electron chi connectivity index (χ2n) is 15.5. The number of aliphatic hydroxyl groups is 1. The molecule has 0 spiro atoms. The van der Waals surface area contributed by atoms with E-state index in [0.29, 0.717) is 19.6 Å². The summed E-state index contributed by atoms with van der Waals surface area (Å²) in [6, 6.07) is 20.7. The summed E-state index contributed by atoms with van der Waals surface area (Å²) in [4.78, 5) is 0. The number of benzene rings is 3. The lowest BCUT2D eigenvalue weighted by Gasteiger charge is -2.37. The zero-order chi connectivity index (χ0) is 33.5. The second-order valence-corrected chi connectivity index (χ2v) is 25.0. The van der Waals surface area contributed by atoms with Gasteiger partial charge in [-0.2, -0.15) is 0 Å². The Labute approximate surface area is 278 Å². The Balaban J connectivity index is 1.59. The third-order valence-corrected chi connectivity index (χ3v) is 18.8. The maximum Gasteiger partial charge on any atom is 0.250 e. The molecule has 2 aliphatic heterocycles. The largest absolute Gasteiger partial charge is 0.543 e. The van der Waals surface area contributed by atoms with Gasteiger partial charge in [-0.15, -0.1) is 0 Å². The average molecular weight is 661 g/mol. The van der Waals surface area contributed by atoms with E-state index < -0.39 is 16.6 Å². The van der Waals surface area contributed by atoms with Crippen LogP contribution in [0, 0.1) is 0 Å². The van der Waals surface area contributed by atoms with Gasteiger partial charge in [0, 0.05) is 48.3 Å². The molecule has 46 heavy (non-hydrogen) atoms. The highest BCUT2D eigenvalue weighted by atomic mass is 28.4. The Morgan fingerprint density at radius 1 is 0.739 bits per heavy atom. The molecule has 0 bridgehead atoms. The summed E-state index contributed by atoms with van der Waals surface area (Å²) >= 11 is 0. The molecule has 6 nitrogen and oxygen atoms in total. The smallest absolute Gasteiger partial charge is 0.250 e. The zero-order valence-corrected chi connectivity index (χ0v) is 31.4. The van der Waals surface area contributed by atoms with Crippen molar-refractivity contribution in [1.82, 2.24) is 0 Å². The lowest BCUT2D eigenvalue weighted by molar-refractivity contribution is 0.233. The van der Waals surface area contributed by atoms with Crippen LogP contribution in [0.5, 0.6) is 28.7 Å². The summed E-state index contributed by atoms with van der Waals surface area (Å²) in [6.07, 6.45) is 0.988. The highest BCUT2D eigenvalue weighted by Gasteiger charge is 2.41. The van der Waals surface area contributed by atoms with E-state index in [2.05, 4.69) is 116 Å². The molecule has 2 aliphatic rings. The van der Waals surface area contributed by atoms with E-state index in [1.54, 1.807) is 0 Å². The van der Waals surface area contributed by atoms with Gasteiger partial charge in [-0.3, -0.25) is 0 Å². The van der Waals surface area contributed by atoms with Crippen molar-refractivity contribution in [3.63, 3.8) is 0 Å². The first-order valence-corrected chi connectivity index (χ1v) is 22.4. The van der Waals surface area contributed by atoms with E-state index in [-0.39, 0.29) is 22.8 Å². The highest BCUT2D eigenvalue weighted by molar-refractivity contribution is 6.75. The fourth-order valence-electron chi connectivity index (χ4n) is 5.27. The summed E-state index contributed by atoms with van der Waals surface area (Å²) in [7, 11) is -4.07. The Bertz CT molecular complexity index is 1580. The lowest BCUT2D eigenvalue weighted by atomic mass is 9.84. The van der Waals surface area contributed by atoms with Crippen molar-refractivity contribution in [1.29, 1.82) is 0 Å². The molecule has 5 rings (SSSR count). The molecule has 8 heteroatoms. The maximum atomic E-state index is 9.16. The lowest BCUT2D eigenvalue weighted by Crippen LogP contribution is -2.43. The van der Waals surface area contributed by atoms with Gasteiger partial charge in [0.15, 0.2) is 0 Å². The third kappa shape index (κ3) is 7.04. The molecule has 0 unspecified atom stereocenters. The van der Waals surface area contributed by atoms with E-state index in [0.717, 1.165) is 57.4 Å². The molecule has 0 saturated heterocycles. The quantitative estimate of drug-likeness (QED) is 0.182. The number of ether oxygens (including phenoxy) is 3. The topological polar surface area (TPSA) is 66.4 Å². The van der Waals surface area contributed by atoms with Gasteiger partial charge >= 0.3 is 0 Å². The number of hydrogen-bond donors (Lipinski definition) is 1. The number of rotatable bonds is 9. The molecule has 0 radical (unpaired) electrons. The summed E-state index contributed by atoms with van der Waals surface area (Å²) in [5.74, 6) is 4.10. The van der Waals surface area contributed by atoms with Crippen molar-refractivity contribution >= 4 is 27.8 Å². The number of hydrogen-bond acceptors (Lipinski definition) is 6. The van der Waals surface area contributed by atoms with Crippen LogP contribution in [0.1, 0.15) is 77.2 Å². The van der Waals surface area contributed by atoms with Crippen LogP contribution in [-0.2, 0) is 0 Å². The standard InChI is InChI=1S/C38H52O6Si2/c1-37(2,3)45(7,8)43-28-17-19-32-33(24-28)41-23-20-31-30-18-16-29(44-46(9,10)38(4,5)6)25-34(30)42-36(35(31)32)26-12-14-27(15-13-26)40-22-11-21-39/h12-19,24-25,36,39H,11,20-23H2,1-10H3/t36-/m0/s1. The SMILES string of the molecule is CC(C)(C)[Si](C)(C)Oc1ccc2c(c1)O[C@@H](c1ccc(OCCCO)cc1)C1=C2CCOc2cc(O[Si](C)(C)C(C)(C)C)ccc21. The highest BCUT2D eigenvalue weighted by Crippen LogP contribution is 2.53. The van der Waals surface area contributed by atoms with Gasteiger partial charge in [0.25, 0.3) is 0 Å². The zero-order valence-electron chi connectivity index (χ0n) is 29.4. The molecule has 1 N–H and O–H groups in total. The number of fused-ring (bicyclic) bond motifs is 4. The Morgan fingerprint density at radius 2 is 1.28 bits per heavy atom. The molecular weight excluding hydrogens is 609 g/mol. The summed E-state index contributed by atoms with van der Waals surface area (Å²) in [5, 5.41) is 9.33. The van der Waals surface area contributed by atoms with Crippen molar-refractivity contribution in [3.8, 4) is 28.7 Å². The van der Waals surface area contributed by atoms with E-state index in [4.69, 9.17) is 28.2 Å². The van der Waals surface area contributed by atoms with E-state index in [9.17, 15) is 0 Å². The minimum atomic E-state index is -2.04. The van der Waals surface area contributed by atoms with Gasteiger partial charge in [0.2, 0.25) is 16.6 Å². The van der Waals surface area contributed by atoms with Gasteiger partial charge < -0.3 is 28.2 Å². The van der Waals surface area contributed by atoms with Gasteiger partial charge in [-0.05, 0) is 83.8 Å². The molecule has 2 heterocycles. The fraction of sp³-hybridized carbons (Fsp3) is 0.474. The van der Waals surface area contributed by atoms with Gasteiger partial charge in [0.05, 0.1) is 13.2 Å². The van der Waals surface area contributed by atoms with E-state index in [1.165, 1.54) is 5.57 Å². The van der Waals surface area contributed by atoms with Crippen LogP contribution >= 0.6 is 0 Å². The first kappa shape index (κ1) is 34.1. The molecular formula is C38H52O6Si2.